The Labute approximate surface area is 172 Å². The van der Waals surface area contributed by atoms with Crippen molar-refractivity contribution in [3.63, 3.8) is 0 Å². The highest BCUT2D eigenvalue weighted by Gasteiger charge is 2.22. The molecule has 1 aliphatic heterocycles. The van der Waals surface area contributed by atoms with Crippen molar-refractivity contribution in [2.75, 3.05) is 26.2 Å². The summed E-state index contributed by atoms with van der Waals surface area (Å²) in [6.07, 6.45) is 0.973. The molecule has 27 heavy (non-hydrogen) atoms. The first-order valence-electron chi connectivity index (χ1n) is 8.93. The van der Waals surface area contributed by atoms with Gasteiger partial charge in [-0.2, -0.15) is 11.3 Å². The van der Waals surface area contributed by atoms with Crippen LogP contribution in [-0.2, 0) is 6.54 Å². The van der Waals surface area contributed by atoms with Crippen LogP contribution in [0.4, 0.5) is 0 Å². The molecule has 0 radical (unpaired) electrons. The summed E-state index contributed by atoms with van der Waals surface area (Å²) in [4.78, 5) is 21.8. The van der Waals surface area contributed by atoms with E-state index in [4.69, 9.17) is 11.6 Å². The predicted molar refractivity (Wildman–Crippen MR) is 113 cm³/mol. The van der Waals surface area contributed by atoms with Gasteiger partial charge in [0.2, 0.25) is 0 Å². The zero-order valence-electron chi connectivity index (χ0n) is 14.8. The van der Waals surface area contributed by atoms with Crippen molar-refractivity contribution in [2.45, 2.75) is 13.0 Å². The molecular formula is C20H20ClN3OS2. The number of benzene rings is 1. The Balaban J connectivity index is 1.37. The van der Waals surface area contributed by atoms with Crippen molar-refractivity contribution < 1.29 is 4.79 Å². The van der Waals surface area contributed by atoms with Crippen LogP contribution in [0.25, 0.3) is 10.6 Å². The number of amides is 1. The normalized spacial score (nSPS) is 15.7. The minimum absolute atomic E-state index is 0.0427. The number of thiophene rings is 1. The lowest BCUT2D eigenvalue weighted by Gasteiger charge is -2.21. The van der Waals surface area contributed by atoms with Crippen LogP contribution < -0.4 is 0 Å². The molecule has 4 nitrogen and oxygen atoms in total. The fourth-order valence-electron chi connectivity index (χ4n) is 3.23. The van der Waals surface area contributed by atoms with Crippen LogP contribution in [0, 0.1) is 0 Å². The van der Waals surface area contributed by atoms with Crippen molar-refractivity contribution in [3.05, 3.63) is 62.8 Å². The molecular weight excluding hydrogens is 398 g/mol. The van der Waals surface area contributed by atoms with Crippen molar-refractivity contribution in [1.82, 2.24) is 14.8 Å². The Hall–Kier alpha value is -1.73. The van der Waals surface area contributed by atoms with Crippen LogP contribution in [0.5, 0.6) is 0 Å². The maximum atomic E-state index is 12.9. The lowest BCUT2D eigenvalue weighted by Crippen LogP contribution is -2.35. The molecule has 140 valence electrons. The molecule has 0 N–H and O–H groups in total. The topological polar surface area (TPSA) is 36.4 Å². The lowest BCUT2D eigenvalue weighted by molar-refractivity contribution is 0.0756. The molecule has 3 heterocycles. The van der Waals surface area contributed by atoms with E-state index in [1.165, 1.54) is 16.9 Å². The molecule has 0 spiro atoms. The highest BCUT2D eigenvalue weighted by atomic mass is 35.5. The number of nitrogens with zero attached hydrogens (tertiary/aromatic N) is 3. The van der Waals surface area contributed by atoms with Crippen LogP contribution in [-0.4, -0.2) is 46.9 Å². The van der Waals surface area contributed by atoms with E-state index in [1.807, 2.05) is 33.9 Å². The molecule has 4 rings (SSSR count). The number of thiazole rings is 1. The van der Waals surface area contributed by atoms with Crippen molar-refractivity contribution in [3.8, 4) is 10.6 Å². The van der Waals surface area contributed by atoms with Gasteiger partial charge in [0.25, 0.3) is 5.91 Å². The summed E-state index contributed by atoms with van der Waals surface area (Å²) < 4.78 is 0. The fourth-order valence-corrected chi connectivity index (χ4v) is 4.86. The molecule has 1 saturated heterocycles. The molecule has 1 fully saturated rings. The van der Waals surface area contributed by atoms with E-state index in [-0.39, 0.29) is 5.91 Å². The molecule has 0 saturated carbocycles. The molecule has 1 amide bonds. The minimum atomic E-state index is 0.0427. The molecule has 7 heteroatoms. The number of rotatable bonds is 4. The largest absolute Gasteiger partial charge is 0.336 e. The highest BCUT2D eigenvalue weighted by Crippen LogP contribution is 2.26. The van der Waals surface area contributed by atoms with Gasteiger partial charge in [0, 0.05) is 54.1 Å². The molecule has 0 unspecified atom stereocenters. The summed E-state index contributed by atoms with van der Waals surface area (Å²) >= 11 is 9.14. The van der Waals surface area contributed by atoms with Gasteiger partial charge in [-0.25, -0.2) is 4.98 Å². The molecule has 1 aliphatic rings. The second-order valence-electron chi connectivity index (χ2n) is 6.60. The number of carbonyl (C=O) groups is 1. The van der Waals surface area contributed by atoms with Crippen molar-refractivity contribution in [2.24, 2.45) is 0 Å². The van der Waals surface area contributed by atoms with E-state index in [2.05, 4.69) is 27.4 Å². The Morgan fingerprint density at radius 3 is 2.70 bits per heavy atom. The van der Waals surface area contributed by atoms with E-state index < -0.39 is 0 Å². The standard InChI is InChI=1S/C20H20ClN3OS2/c21-17-4-2-15(3-5-17)12-23-7-1-8-24(10-9-23)20(25)18-14-27-19(22-18)16-6-11-26-13-16/h2-6,11,13-14H,1,7-10,12H2. The van der Waals surface area contributed by atoms with Gasteiger partial charge in [0.15, 0.2) is 0 Å². The van der Waals surface area contributed by atoms with E-state index >= 15 is 0 Å². The van der Waals surface area contributed by atoms with Gasteiger partial charge in [-0.3, -0.25) is 9.69 Å². The number of hydrogen-bond donors (Lipinski definition) is 0. The van der Waals surface area contributed by atoms with Gasteiger partial charge in [0.05, 0.1) is 0 Å². The third-order valence-electron chi connectivity index (χ3n) is 4.69. The SMILES string of the molecule is O=C(c1csc(-c2ccsc2)n1)N1CCCN(Cc2ccc(Cl)cc2)CC1. The summed E-state index contributed by atoms with van der Waals surface area (Å²) in [6.45, 7) is 4.26. The van der Waals surface area contributed by atoms with E-state index in [9.17, 15) is 4.79 Å². The van der Waals surface area contributed by atoms with Gasteiger partial charge < -0.3 is 4.90 Å². The highest BCUT2D eigenvalue weighted by molar-refractivity contribution is 7.14. The average Bonchev–Trinajstić information content (AvgIpc) is 3.32. The van der Waals surface area contributed by atoms with Crippen LogP contribution in [0.15, 0.2) is 46.5 Å². The third-order valence-corrected chi connectivity index (χ3v) is 6.51. The maximum absolute atomic E-state index is 12.9. The first-order chi connectivity index (χ1) is 13.2. The van der Waals surface area contributed by atoms with Crippen molar-refractivity contribution in [1.29, 1.82) is 0 Å². The number of carbonyl (C=O) groups excluding carboxylic acids is 1. The summed E-state index contributed by atoms with van der Waals surface area (Å²) in [5.74, 6) is 0.0427. The Bertz CT molecular complexity index is 892. The zero-order chi connectivity index (χ0) is 18.6. The zero-order valence-corrected chi connectivity index (χ0v) is 17.2. The monoisotopic (exact) mass is 417 g/mol. The predicted octanol–water partition coefficient (Wildman–Crippen LogP) is 4.87. The molecule has 3 aromatic rings. The van der Waals surface area contributed by atoms with Crippen LogP contribution in [0.3, 0.4) is 0 Å². The average molecular weight is 418 g/mol. The molecule has 0 atom stereocenters. The van der Waals surface area contributed by atoms with Crippen molar-refractivity contribution >= 4 is 40.2 Å². The summed E-state index contributed by atoms with van der Waals surface area (Å²) in [7, 11) is 0. The fraction of sp³-hybridized carbons (Fsp3) is 0.300. The minimum Gasteiger partial charge on any atom is -0.336 e. The second kappa shape index (κ2) is 8.52. The van der Waals surface area contributed by atoms with Gasteiger partial charge in [0.1, 0.15) is 10.7 Å². The van der Waals surface area contributed by atoms with Crippen LogP contribution >= 0.6 is 34.3 Å². The number of halogens is 1. The van der Waals surface area contributed by atoms with Gasteiger partial charge >= 0.3 is 0 Å². The molecule has 2 aromatic heterocycles. The van der Waals surface area contributed by atoms with Gasteiger partial charge in [-0.05, 0) is 35.6 Å². The summed E-state index contributed by atoms with van der Waals surface area (Å²) in [6, 6.07) is 10.0. The first kappa shape index (κ1) is 18.6. The Morgan fingerprint density at radius 2 is 1.93 bits per heavy atom. The third kappa shape index (κ3) is 4.58. The Morgan fingerprint density at radius 1 is 1.07 bits per heavy atom. The quantitative estimate of drug-likeness (QED) is 0.607. The number of hydrogen-bond acceptors (Lipinski definition) is 5. The first-order valence-corrected chi connectivity index (χ1v) is 11.1. The molecule has 0 aliphatic carbocycles. The van der Waals surface area contributed by atoms with Crippen LogP contribution in [0.2, 0.25) is 5.02 Å². The number of aromatic nitrogens is 1. The van der Waals surface area contributed by atoms with E-state index in [0.717, 1.165) is 54.7 Å². The van der Waals surface area contributed by atoms with Gasteiger partial charge in [-0.1, -0.05) is 23.7 Å². The smallest absolute Gasteiger partial charge is 0.273 e. The maximum Gasteiger partial charge on any atom is 0.273 e. The van der Waals surface area contributed by atoms with Crippen LogP contribution in [0.1, 0.15) is 22.5 Å². The second-order valence-corrected chi connectivity index (χ2v) is 8.67. The Kier molecular flexibility index (Phi) is 5.88. The molecule has 1 aromatic carbocycles. The van der Waals surface area contributed by atoms with E-state index in [0.29, 0.717) is 5.69 Å². The van der Waals surface area contributed by atoms with E-state index in [1.54, 1.807) is 11.3 Å². The summed E-state index contributed by atoms with van der Waals surface area (Å²) in [5.41, 5.74) is 2.90. The van der Waals surface area contributed by atoms with Gasteiger partial charge in [-0.15, -0.1) is 11.3 Å². The molecule has 0 bridgehead atoms. The lowest BCUT2D eigenvalue weighted by atomic mass is 10.2. The summed E-state index contributed by atoms with van der Waals surface area (Å²) in [5, 5.41) is 7.65.